The van der Waals surface area contributed by atoms with E-state index in [0.717, 1.165) is 27.6 Å². The minimum absolute atomic E-state index is 0.346. The van der Waals surface area contributed by atoms with Gasteiger partial charge in [-0.15, -0.1) is 5.10 Å². The number of nitrogens with two attached hydrogens (primary N) is 1. The van der Waals surface area contributed by atoms with Gasteiger partial charge in [0, 0.05) is 23.0 Å². The summed E-state index contributed by atoms with van der Waals surface area (Å²) in [7, 11) is 3.39. The Kier molecular flexibility index (Phi) is 6.39. The molecule has 1 saturated heterocycles. The molecule has 9 heteroatoms. The molecule has 0 aliphatic carbocycles. The lowest BCUT2D eigenvalue weighted by Crippen LogP contribution is -2.56. The predicted octanol–water partition coefficient (Wildman–Crippen LogP) is 3.96. The van der Waals surface area contributed by atoms with E-state index in [-0.39, 0.29) is 6.54 Å². The SMILES string of the molecule is Cc1c(C#N)cccc1[C@@H](N)Nc1nnc(C)c2ccc(N3CC[C@@H](N(C)C)C(F)(F)C3)cc12. The summed E-state index contributed by atoms with van der Waals surface area (Å²) in [6.45, 7) is 3.89. The molecule has 3 N–H and O–H groups in total. The van der Waals surface area contributed by atoms with Crippen molar-refractivity contribution in [3.63, 3.8) is 0 Å². The number of hydrogen-bond donors (Lipinski definition) is 2. The largest absolute Gasteiger partial charge is 0.365 e. The van der Waals surface area contributed by atoms with Crippen LogP contribution in [0.3, 0.4) is 0 Å². The molecule has 0 amide bonds. The van der Waals surface area contributed by atoms with E-state index < -0.39 is 18.1 Å². The number of nitrogens with one attached hydrogen (secondary N) is 1. The first kappa shape index (κ1) is 23.8. The maximum atomic E-state index is 14.8. The van der Waals surface area contributed by atoms with Crippen LogP contribution in [0.25, 0.3) is 10.8 Å². The molecule has 0 radical (unpaired) electrons. The van der Waals surface area contributed by atoms with Gasteiger partial charge in [-0.2, -0.15) is 10.4 Å². The molecule has 1 fully saturated rings. The van der Waals surface area contributed by atoms with Gasteiger partial charge in [-0.3, -0.25) is 0 Å². The van der Waals surface area contributed by atoms with Crippen molar-refractivity contribution in [3.05, 3.63) is 58.8 Å². The highest BCUT2D eigenvalue weighted by atomic mass is 19.3. The minimum Gasteiger partial charge on any atom is -0.365 e. The van der Waals surface area contributed by atoms with E-state index in [9.17, 15) is 14.0 Å². The standard InChI is InChI=1S/C25H29F2N7/c1-15-17(13-28)6-5-7-19(15)23(29)30-24-21-12-18(8-9-20(21)16(2)31-32-24)34-11-10-22(33(3)4)25(26,27)14-34/h5-9,12,22-23H,10-11,14,29H2,1-4H3,(H,30,32)/t22-,23+/m1/s1. The maximum Gasteiger partial charge on any atom is 0.280 e. The van der Waals surface area contributed by atoms with Crippen molar-refractivity contribution >= 4 is 22.3 Å². The Morgan fingerprint density at radius 2 is 1.97 bits per heavy atom. The molecule has 34 heavy (non-hydrogen) atoms. The number of aromatic nitrogens is 2. The molecule has 0 spiro atoms. The summed E-state index contributed by atoms with van der Waals surface area (Å²) in [5.74, 6) is -2.36. The average Bonchev–Trinajstić information content (AvgIpc) is 2.79. The van der Waals surface area contributed by atoms with Crippen molar-refractivity contribution in [2.45, 2.75) is 38.4 Å². The molecule has 1 aliphatic heterocycles. The minimum atomic E-state index is -2.82. The van der Waals surface area contributed by atoms with Gasteiger partial charge in [-0.25, -0.2) is 8.78 Å². The van der Waals surface area contributed by atoms with Crippen molar-refractivity contribution in [3.8, 4) is 6.07 Å². The second kappa shape index (κ2) is 9.12. The molecule has 178 valence electrons. The first-order valence-electron chi connectivity index (χ1n) is 11.2. The average molecular weight is 466 g/mol. The van der Waals surface area contributed by atoms with E-state index >= 15 is 0 Å². The van der Waals surface area contributed by atoms with Crippen LogP contribution < -0.4 is 16.0 Å². The van der Waals surface area contributed by atoms with Crippen molar-refractivity contribution in [2.24, 2.45) is 5.73 Å². The zero-order chi connectivity index (χ0) is 24.6. The molecule has 1 aromatic heterocycles. The second-order valence-electron chi connectivity index (χ2n) is 9.07. The van der Waals surface area contributed by atoms with Gasteiger partial charge in [0.15, 0.2) is 5.82 Å². The summed E-state index contributed by atoms with van der Waals surface area (Å²) in [5, 5.41) is 22.7. The van der Waals surface area contributed by atoms with Crippen LogP contribution in [-0.4, -0.2) is 54.2 Å². The Labute approximate surface area is 198 Å². The van der Waals surface area contributed by atoms with Crippen LogP contribution in [0.4, 0.5) is 20.3 Å². The number of hydrogen-bond acceptors (Lipinski definition) is 7. The highest BCUT2D eigenvalue weighted by molar-refractivity contribution is 5.95. The molecule has 4 rings (SSSR count). The number of alkyl halides is 2. The maximum absolute atomic E-state index is 14.8. The number of nitrogens with zero attached hydrogens (tertiary/aromatic N) is 5. The fourth-order valence-electron chi connectivity index (χ4n) is 4.70. The Bertz CT molecular complexity index is 1250. The first-order chi connectivity index (χ1) is 16.1. The number of rotatable bonds is 5. The highest BCUT2D eigenvalue weighted by Crippen LogP contribution is 2.35. The van der Waals surface area contributed by atoms with Crippen LogP contribution in [0, 0.1) is 25.2 Å². The number of piperidine rings is 1. The van der Waals surface area contributed by atoms with E-state index in [1.165, 1.54) is 0 Å². The van der Waals surface area contributed by atoms with E-state index in [2.05, 4.69) is 21.6 Å². The predicted molar refractivity (Wildman–Crippen MR) is 130 cm³/mol. The number of fused-ring (bicyclic) bond motifs is 1. The van der Waals surface area contributed by atoms with Crippen LogP contribution in [-0.2, 0) is 0 Å². The van der Waals surface area contributed by atoms with Crippen molar-refractivity contribution in [1.29, 1.82) is 5.26 Å². The molecule has 2 aromatic carbocycles. The van der Waals surface area contributed by atoms with Gasteiger partial charge < -0.3 is 20.9 Å². The summed E-state index contributed by atoms with van der Waals surface area (Å²) < 4.78 is 29.6. The van der Waals surface area contributed by atoms with Crippen LogP contribution in [0.5, 0.6) is 0 Å². The van der Waals surface area contributed by atoms with Crippen LogP contribution >= 0.6 is 0 Å². The molecule has 2 atom stereocenters. The fraction of sp³-hybridized carbons (Fsp3) is 0.400. The van der Waals surface area contributed by atoms with Crippen LogP contribution in [0.1, 0.15) is 35.0 Å². The summed E-state index contributed by atoms with van der Waals surface area (Å²) in [6.07, 6.45) is -0.256. The zero-order valence-electron chi connectivity index (χ0n) is 19.8. The Morgan fingerprint density at radius 3 is 2.65 bits per heavy atom. The lowest BCUT2D eigenvalue weighted by molar-refractivity contribution is -0.0751. The number of anilines is 2. The number of nitriles is 1. The molecule has 2 heterocycles. The normalized spacial score (nSPS) is 18.7. The molecule has 0 bridgehead atoms. The lowest BCUT2D eigenvalue weighted by Gasteiger charge is -2.42. The van der Waals surface area contributed by atoms with Crippen molar-refractivity contribution in [2.75, 3.05) is 37.4 Å². The zero-order valence-corrected chi connectivity index (χ0v) is 19.8. The third-order valence-corrected chi connectivity index (χ3v) is 6.62. The van der Waals surface area contributed by atoms with Crippen LogP contribution in [0.2, 0.25) is 0 Å². The Hall–Kier alpha value is -3.35. The van der Waals surface area contributed by atoms with Gasteiger partial charge in [0.1, 0.15) is 6.17 Å². The second-order valence-corrected chi connectivity index (χ2v) is 9.07. The molecule has 7 nitrogen and oxygen atoms in total. The fourth-order valence-corrected chi connectivity index (χ4v) is 4.70. The van der Waals surface area contributed by atoms with Crippen molar-refractivity contribution < 1.29 is 8.78 Å². The highest BCUT2D eigenvalue weighted by Gasteiger charge is 2.45. The lowest BCUT2D eigenvalue weighted by atomic mass is 9.98. The monoisotopic (exact) mass is 465 g/mol. The first-order valence-corrected chi connectivity index (χ1v) is 11.2. The Balaban J connectivity index is 1.68. The number of aryl methyl sites for hydroxylation is 1. The Morgan fingerprint density at radius 1 is 1.21 bits per heavy atom. The summed E-state index contributed by atoms with van der Waals surface area (Å²) in [6, 6.07) is 12.4. The third-order valence-electron chi connectivity index (χ3n) is 6.62. The van der Waals surface area contributed by atoms with Gasteiger partial charge in [0.2, 0.25) is 0 Å². The molecule has 0 saturated carbocycles. The van der Waals surface area contributed by atoms with E-state index in [4.69, 9.17) is 5.73 Å². The van der Waals surface area contributed by atoms with Crippen LogP contribution in [0.15, 0.2) is 36.4 Å². The summed E-state index contributed by atoms with van der Waals surface area (Å²) in [4.78, 5) is 3.32. The van der Waals surface area contributed by atoms with Gasteiger partial charge in [0.25, 0.3) is 5.92 Å². The molecule has 0 unspecified atom stereocenters. The topological polar surface area (TPSA) is 94.1 Å². The van der Waals surface area contributed by atoms with Crippen molar-refractivity contribution in [1.82, 2.24) is 15.1 Å². The number of benzene rings is 2. The smallest absolute Gasteiger partial charge is 0.280 e. The third kappa shape index (κ3) is 4.39. The van der Waals surface area contributed by atoms with Gasteiger partial charge >= 0.3 is 0 Å². The number of halogens is 2. The summed E-state index contributed by atoms with van der Waals surface area (Å²) in [5.41, 5.74) is 10.0. The molecule has 1 aliphatic rings. The van der Waals surface area contributed by atoms with E-state index in [1.54, 1.807) is 36.0 Å². The van der Waals surface area contributed by atoms with E-state index in [1.807, 2.05) is 38.1 Å². The summed E-state index contributed by atoms with van der Waals surface area (Å²) >= 11 is 0. The quantitative estimate of drug-likeness (QED) is 0.551. The van der Waals surface area contributed by atoms with E-state index in [0.29, 0.717) is 30.0 Å². The molecular weight excluding hydrogens is 436 g/mol. The van der Waals surface area contributed by atoms with Gasteiger partial charge in [-0.1, -0.05) is 18.2 Å². The molecule has 3 aromatic rings. The van der Waals surface area contributed by atoms with Gasteiger partial charge in [0.05, 0.1) is 29.9 Å². The van der Waals surface area contributed by atoms with Gasteiger partial charge in [-0.05, 0) is 63.7 Å². The molecular formula is C25H29F2N7.